The molecule has 0 aliphatic rings. The van der Waals surface area contributed by atoms with Crippen molar-refractivity contribution < 1.29 is 32.2 Å². The van der Waals surface area contributed by atoms with Gasteiger partial charge in [0.15, 0.2) is 0 Å². The molecule has 0 spiro atoms. The number of esters is 1. The lowest BCUT2D eigenvalue weighted by atomic mass is 10.1. The molecule has 0 fully saturated rings. The lowest BCUT2D eigenvalue weighted by molar-refractivity contribution is -0.138. The average Bonchev–Trinajstić information content (AvgIpc) is 2.72. The van der Waals surface area contributed by atoms with Crippen LogP contribution in [0.2, 0.25) is 0 Å². The number of aromatic nitrogens is 1. The molecule has 0 saturated carbocycles. The normalized spacial score (nSPS) is 11.6. The number of nitrogens with zero attached hydrogens (tertiary/aromatic N) is 1. The third-order valence-electron chi connectivity index (χ3n) is 4.09. The number of alkyl halides is 3. The van der Waals surface area contributed by atoms with Gasteiger partial charge in [-0.15, -0.1) is 0 Å². The highest BCUT2D eigenvalue weighted by atomic mass is 19.4. The van der Waals surface area contributed by atoms with Crippen molar-refractivity contribution in [2.45, 2.75) is 32.5 Å². The Morgan fingerprint density at radius 1 is 1.16 bits per heavy atom. The summed E-state index contributed by atoms with van der Waals surface area (Å²) in [4.78, 5) is 15.3. The number of unbranched alkanes of at least 4 members (excludes halogenated alkanes) is 1. The Kier molecular flexibility index (Phi) is 9.33. The zero-order valence-corrected chi connectivity index (χ0v) is 17.2. The van der Waals surface area contributed by atoms with E-state index >= 15 is 0 Å². The van der Waals surface area contributed by atoms with E-state index in [1.807, 2.05) is 30.3 Å². The van der Waals surface area contributed by atoms with Crippen LogP contribution < -0.4 is 10.5 Å². The number of carbonyl (C=O) groups is 1. The van der Waals surface area contributed by atoms with Gasteiger partial charge in [-0.1, -0.05) is 30.3 Å². The topological polar surface area (TPSA) is 83.7 Å². The maximum Gasteiger partial charge on any atom is 0.417 e. The van der Waals surface area contributed by atoms with Crippen LogP contribution in [0.3, 0.4) is 0 Å². The number of nitrogens with two attached hydrogens (primary N) is 1. The Balaban J connectivity index is 1.89. The van der Waals surface area contributed by atoms with Gasteiger partial charge in [0.2, 0.25) is 5.88 Å². The number of hydrogen-bond acceptors (Lipinski definition) is 6. The lowest BCUT2D eigenvalue weighted by Crippen LogP contribution is -2.12. The molecular weight excluding hydrogens is 413 g/mol. The number of carbonyl (C=O) groups excluding carboxylic acids is 1. The maximum atomic E-state index is 13.4. The van der Waals surface area contributed by atoms with Crippen molar-refractivity contribution in [3.63, 3.8) is 0 Å². The first-order valence-electron chi connectivity index (χ1n) is 9.78. The maximum absolute atomic E-state index is 13.4. The summed E-state index contributed by atoms with van der Waals surface area (Å²) in [5.41, 5.74) is 5.30. The summed E-state index contributed by atoms with van der Waals surface area (Å²) in [5.74, 6) is -1.40. The molecule has 0 aliphatic carbocycles. The van der Waals surface area contributed by atoms with E-state index in [1.165, 1.54) is 0 Å². The SMILES string of the molecule is CCOC(=O)C=Cc1c(C(F)(F)F)cc(OCCCCOCc2ccccc2)nc1N. The van der Waals surface area contributed by atoms with Gasteiger partial charge in [-0.2, -0.15) is 18.2 Å². The predicted molar refractivity (Wildman–Crippen MR) is 110 cm³/mol. The van der Waals surface area contributed by atoms with E-state index in [2.05, 4.69) is 9.72 Å². The van der Waals surface area contributed by atoms with Gasteiger partial charge in [-0.3, -0.25) is 0 Å². The first-order valence-corrected chi connectivity index (χ1v) is 9.78. The fourth-order valence-electron chi connectivity index (χ4n) is 2.62. The Bertz CT molecular complexity index is 871. The zero-order valence-electron chi connectivity index (χ0n) is 17.2. The quantitative estimate of drug-likeness (QED) is 0.313. The second-order valence-corrected chi connectivity index (χ2v) is 6.48. The van der Waals surface area contributed by atoms with E-state index in [1.54, 1.807) is 6.92 Å². The number of anilines is 1. The van der Waals surface area contributed by atoms with Crippen molar-refractivity contribution >= 4 is 17.9 Å². The van der Waals surface area contributed by atoms with Crippen LogP contribution in [-0.2, 0) is 27.1 Å². The van der Waals surface area contributed by atoms with E-state index in [4.69, 9.17) is 15.2 Å². The summed E-state index contributed by atoms with van der Waals surface area (Å²) < 4.78 is 55.9. The number of rotatable bonds is 11. The van der Waals surface area contributed by atoms with Crippen molar-refractivity contribution in [1.82, 2.24) is 4.98 Å². The van der Waals surface area contributed by atoms with Crippen LogP contribution >= 0.6 is 0 Å². The van der Waals surface area contributed by atoms with Gasteiger partial charge in [0, 0.05) is 24.3 Å². The third kappa shape index (κ3) is 8.29. The number of hydrogen-bond donors (Lipinski definition) is 1. The lowest BCUT2D eigenvalue weighted by Gasteiger charge is -2.14. The molecule has 2 rings (SSSR count). The molecule has 2 N–H and O–H groups in total. The average molecular weight is 438 g/mol. The highest BCUT2D eigenvalue weighted by Gasteiger charge is 2.35. The molecule has 9 heteroatoms. The molecule has 2 aromatic rings. The minimum absolute atomic E-state index is 0.104. The van der Waals surface area contributed by atoms with Crippen LogP contribution in [-0.4, -0.2) is 30.8 Å². The Hall–Kier alpha value is -3.07. The largest absolute Gasteiger partial charge is 0.478 e. The van der Waals surface area contributed by atoms with Crippen molar-refractivity contribution in [3.05, 3.63) is 59.2 Å². The Labute approximate surface area is 178 Å². The molecular formula is C22H25F3N2O4. The van der Waals surface area contributed by atoms with Crippen LogP contribution in [0.5, 0.6) is 5.88 Å². The summed E-state index contributed by atoms with van der Waals surface area (Å²) in [6.45, 7) is 2.85. The number of halogens is 3. The second kappa shape index (κ2) is 11.9. The zero-order chi connectivity index (χ0) is 22.7. The molecule has 1 heterocycles. The third-order valence-corrected chi connectivity index (χ3v) is 4.09. The van der Waals surface area contributed by atoms with Crippen LogP contribution in [0.15, 0.2) is 42.5 Å². The number of benzene rings is 1. The van der Waals surface area contributed by atoms with Crippen LogP contribution in [0.25, 0.3) is 6.08 Å². The number of ether oxygens (including phenoxy) is 3. The molecule has 31 heavy (non-hydrogen) atoms. The van der Waals surface area contributed by atoms with E-state index in [-0.39, 0.29) is 19.1 Å². The second-order valence-electron chi connectivity index (χ2n) is 6.48. The van der Waals surface area contributed by atoms with E-state index in [0.29, 0.717) is 26.1 Å². The summed E-state index contributed by atoms with van der Waals surface area (Å²) >= 11 is 0. The molecule has 0 bridgehead atoms. The smallest absolute Gasteiger partial charge is 0.417 e. The minimum Gasteiger partial charge on any atom is -0.478 e. The van der Waals surface area contributed by atoms with Gasteiger partial charge in [0.1, 0.15) is 5.82 Å². The fraction of sp³-hybridized carbons (Fsp3) is 0.364. The summed E-state index contributed by atoms with van der Waals surface area (Å²) in [6, 6.07) is 10.5. The van der Waals surface area contributed by atoms with Gasteiger partial charge in [0.05, 0.1) is 25.4 Å². The molecule has 6 nitrogen and oxygen atoms in total. The molecule has 0 aliphatic heterocycles. The fourth-order valence-corrected chi connectivity index (χ4v) is 2.62. The molecule has 0 atom stereocenters. The number of pyridine rings is 1. The monoisotopic (exact) mass is 438 g/mol. The van der Waals surface area contributed by atoms with Crippen molar-refractivity contribution in [3.8, 4) is 5.88 Å². The van der Waals surface area contributed by atoms with Gasteiger partial charge >= 0.3 is 12.1 Å². The van der Waals surface area contributed by atoms with Gasteiger partial charge < -0.3 is 19.9 Å². The van der Waals surface area contributed by atoms with E-state index in [9.17, 15) is 18.0 Å². The Morgan fingerprint density at radius 3 is 2.55 bits per heavy atom. The van der Waals surface area contributed by atoms with Crippen molar-refractivity contribution in [1.29, 1.82) is 0 Å². The van der Waals surface area contributed by atoms with Gasteiger partial charge in [-0.25, -0.2) is 4.79 Å². The van der Waals surface area contributed by atoms with Crippen LogP contribution in [0.4, 0.5) is 19.0 Å². The molecule has 0 saturated heterocycles. The number of nitrogen functional groups attached to an aromatic ring is 1. The van der Waals surface area contributed by atoms with E-state index in [0.717, 1.165) is 23.8 Å². The molecule has 1 aromatic carbocycles. The molecule has 0 amide bonds. The molecule has 0 radical (unpaired) electrons. The highest BCUT2D eigenvalue weighted by molar-refractivity contribution is 5.88. The standard InChI is InChI=1S/C22H25F3N2O4/c1-2-30-20(28)11-10-17-18(22(23,24)25)14-19(27-21(17)26)31-13-7-6-12-29-15-16-8-4-3-5-9-16/h3-5,8-11,14H,2,6-7,12-13,15H2,1H3,(H2,26,27). The van der Waals surface area contributed by atoms with Crippen molar-refractivity contribution in [2.75, 3.05) is 25.6 Å². The summed E-state index contributed by atoms with van der Waals surface area (Å²) in [6.07, 6.45) is -1.63. The molecule has 1 aromatic heterocycles. The van der Waals surface area contributed by atoms with Crippen LogP contribution in [0, 0.1) is 0 Å². The Morgan fingerprint density at radius 2 is 1.87 bits per heavy atom. The summed E-state index contributed by atoms with van der Waals surface area (Å²) in [5, 5.41) is 0. The first-order chi connectivity index (χ1) is 14.8. The van der Waals surface area contributed by atoms with E-state index < -0.39 is 29.1 Å². The van der Waals surface area contributed by atoms with Crippen molar-refractivity contribution in [2.24, 2.45) is 0 Å². The predicted octanol–water partition coefficient (Wildman–Crippen LogP) is 4.63. The molecule has 168 valence electrons. The first kappa shape index (κ1) is 24.2. The van der Waals surface area contributed by atoms with Crippen LogP contribution in [0.1, 0.15) is 36.5 Å². The summed E-state index contributed by atoms with van der Waals surface area (Å²) in [7, 11) is 0. The minimum atomic E-state index is -4.70. The van der Waals surface area contributed by atoms with Gasteiger partial charge in [-0.05, 0) is 31.4 Å². The molecule has 0 unspecified atom stereocenters. The van der Waals surface area contributed by atoms with Gasteiger partial charge in [0.25, 0.3) is 0 Å². The highest BCUT2D eigenvalue weighted by Crippen LogP contribution is 2.36.